The highest BCUT2D eigenvalue weighted by molar-refractivity contribution is 5.95. The van der Waals surface area contributed by atoms with E-state index < -0.39 is 0 Å². The summed E-state index contributed by atoms with van der Waals surface area (Å²) in [5.41, 5.74) is 2.55. The molecule has 148 valence electrons. The summed E-state index contributed by atoms with van der Waals surface area (Å²) >= 11 is 0. The molecule has 2 aromatic carbocycles. The number of aromatic nitrogens is 1. The molecule has 0 fully saturated rings. The third kappa shape index (κ3) is 4.21. The van der Waals surface area contributed by atoms with Crippen molar-refractivity contribution in [3.8, 4) is 11.5 Å². The van der Waals surface area contributed by atoms with Crippen molar-refractivity contribution in [2.24, 2.45) is 0 Å². The smallest absolute Gasteiger partial charge is 0.251 e. The van der Waals surface area contributed by atoms with Crippen LogP contribution >= 0.6 is 0 Å². The average Bonchev–Trinajstić information content (AvgIpc) is 3.15. The minimum Gasteiger partial charge on any atom is -0.454 e. The Hall–Kier alpha value is -3.81. The minimum atomic E-state index is -0.344. The number of aromatic amines is 1. The molecule has 2 amide bonds. The van der Waals surface area contributed by atoms with Gasteiger partial charge in [0, 0.05) is 22.8 Å². The minimum absolute atomic E-state index is 0.128. The highest BCUT2D eigenvalue weighted by Crippen LogP contribution is 2.34. The fourth-order valence-corrected chi connectivity index (χ4v) is 3.08. The van der Waals surface area contributed by atoms with Gasteiger partial charge in [-0.25, -0.2) is 0 Å². The highest BCUT2D eigenvalue weighted by atomic mass is 16.7. The number of ether oxygens (including phenoxy) is 2. The van der Waals surface area contributed by atoms with E-state index >= 15 is 0 Å². The molecule has 3 aromatic rings. The maximum atomic E-state index is 12.2. The molecule has 0 saturated heterocycles. The fraction of sp³-hybridized carbons (Fsp3) is 0.190. The van der Waals surface area contributed by atoms with Crippen molar-refractivity contribution in [3.63, 3.8) is 0 Å². The summed E-state index contributed by atoms with van der Waals surface area (Å²) in [7, 11) is 0. The van der Waals surface area contributed by atoms with E-state index in [1.54, 1.807) is 43.3 Å². The van der Waals surface area contributed by atoms with Crippen LogP contribution in [0.25, 0.3) is 10.9 Å². The lowest BCUT2D eigenvalue weighted by Gasteiger charge is -2.08. The van der Waals surface area contributed by atoms with Crippen LogP contribution in [0.2, 0.25) is 0 Å². The van der Waals surface area contributed by atoms with E-state index in [9.17, 15) is 14.4 Å². The van der Waals surface area contributed by atoms with E-state index in [1.165, 1.54) is 0 Å². The van der Waals surface area contributed by atoms with E-state index in [1.807, 2.05) is 6.07 Å². The molecule has 1 aliphatic rings. The first-order valence-electron chi connectivity index (χ1n) is 9.07. The lowest BCUT2D eigenvalue weighted by molar-refractivity contribution is -0.123. The van der Waals surface area contributed by atoms with Crippen LogP contribution in [0.3, 0.4) is 0 Å². The fourth-order valence-electron chi connectivity index (χ4n) is 3.08. The molecule has 1 aliphatic heterocycles. The van der Waals surface area contributed by atoms with E-state index in [0.29, 0.717) is 28.3 Å². The summed E-state index contributed by atoms with van der Waals surface area (Å²) in [6.07, 6.45) is 0.130. The van der Waals surface area contributed by atoms with Gasteiger partial charge in [0.25, 0.3) is 5.56 Å². The maximum absolute atomic E-state index is 12.2. The van der Waals surface area contributed by atoms with Crippen molar-refractivity contribution in [2.75, 3.05) is 18.7 Å². The zero-order valence-corrected chi connectivity index (χ0v) is 15.7. The molecule has 0 bridgehead atoms. The molecule has 0 atom stereocenters. The van der Waals surface area contributed by atoms with E-state index in [4.69, 9.17) is 9.47 Å². The summed E-state index contributed by atoms with van der Waals surface area (Å²) in [4.78, 5) is 38.7. The average molecular weight is 393 g/mol. The monoisotopic (exact) mass is 393 g/mol. The molecule has 0 radical (unpaired) electrons. The SMILES string of the molecule is Cc1cc2cc(CC(=O)NCC(=O)Nc3ccc4c(c3)OCO4)ccc2[nH]c1=O. The summed E-state index contributed by atoms with van der Waals surface area (Å²) in [6.45, 7) is 1.75. The molecular formula is C21H19N3O5. The number of benzene rings is 2. The van der Waals surface area contributed by atoms with E-state index in [2.05, 4.69) is 15.6 Å². The van der Waals surface area contributed by atoms with E-state index in [0.717, 1.165) is 10.9 Å². The van der Waals surface area contributed by atoms with Crippen LogP contribution in [0, 0.1) is 6.92 Å². The van der Waals surface area contributed by atoms with Gasteiger partial charge in [0.05, 0.1) is 13.0 Å². The topological polar surface area (TPSA) is 110 Å². The highest BCUT2D eigenvalue weighted by Gasteiger charge is 2.14. The number of nitrogens with one attached hydrogen (secondary N) is 3. The zero-order valence-electron chi connectivity index (χ0n) is 15.7. The van der Waals surface area contributed by atoms with Gasteiger partial charge in [-0.2, -0.15) is 0 Å². The van der Waals surface area contributed by atoms with Crippen LogP contribution in [0.15, 0.2) is 47.3 Å². The Balaban J connectivity index is 1.32. The molecule has 0 saturated carbocycles. The van der Waals surface area contributed by atoms with Crippen molar-refractivity contribution < 1.29 is 19.1 Å². The second kappa shape index (κ2) is 7.67. The Bertz CT molecular complexity index is 1170. The van der Waals surface area contributed by atoms with Gasteiger partial charge >= 0.3 is 0 Å². The van der Waals surface area contributed by atoms with Crippen LogP contribution in [-0.4, -0.2) is 30.1 Å². The summed E-state index contributed by atoms with van der Waals surface area (Å²) in [6, 6.07) is 12.3. The summed E-state index contributed by atoms with van der Waals surface area (Å²) in [5.74, 6) is 0.584. The molecule has 0 aliphatic carbocycles. The molecule has 2 heterocycles. The van der Waals surface area contributed by atoms with Crippen molar-refractivity contribution in [2.45, 2.75) is 13.3 Å². The standard InChI is InChI=1S/C21H19N3O5/c1-12-6-14-7-13(2-4-16(14)24-21(12)27)8-19(25)22-10-20(26)23-15-3-5-17-18(9-15)29-11-28-17/h2-7,9H,8,10-11H2,1H3,(H,22,25)(H,23,26)(H,24,27). The number of hydrogen-bond acceptors (Lipinski definition) is 5. The Morgan fingerprint density at radius 2 is 1.86 bits per heavy atom. The number of rotatable bonds is 5. The van der Waals surface area contributed by atoms with Crippen LogP contribution in [0.1, 0.15) is 11.1 Å². The first-order chi connectivity index (χ1) is 14.0. The zero-order chi connectivity index (χ0) is 20.4. The third-order valence-corrected chi connectivity index (χ3v) is 4.56. The van der Waals surface area contributed by atoms with Gasteiger partial charge < -0.3 is 25.1 Å². The second-order valence-electron chi connectivity index (χ2n) is 6.77. The van der Waals surface area contributed by atoms with Crippen molar-refractivity contribution in [3.05, 3.63) is 63.9 Å². The first-order valence-corrected chi connectivity index (χ1v) is 9.07. The molecular weight excluding hydrogens is 374 g/mol. The van der Waals surface area contributed by atoms with Gasteiger partial charge in [0.15, 0.2) is 11.5 Å². The number of amides is 2. The van der Waals surface area contributed by atoms with Crippen LogP contribution < -0.4 is 25.7 Å². The lowest BCUT2D eigenvalue weighted by atomic mass is 10.1. The predicted molar refractivity (Wildman–Crippen MR) is 107 cm³/mol. The van der Waals surface area contributed by atoms with Crippen LogP contribution in [0.5, 0.6) is 11.5 Å². The molecule has 8 nitrogen and oxygen atoms in total. The largest absolute Gasteiger partial charge is 0.454 e. The number of pyridine rings is 1. The molecule has 0 unspecified atom stereocenters. The molecule has 8 heteroatoms. The van der Waals surface area contributed by atoms with Gasteiger partial charge in [-0.05, 0) is 48.2 Å². The molecule has 4 rings (SSSR count). The van der Waals surface area contributed by atoms with Gasteiger partial charge in [0.1, 0.15) is 0 Å². The van der Waals surface area contributed by atoms with Gasteiger partial charge in [-0.1, -0.05) is 6.07 Å². The molecule has 1 aromatic heterocycles. The Labute approximate surface area is 165 Å². The van der Waals surface area contributed by atoms with Crippen molar-refractivity contribution >= 4 is 28.4 Å². The molecule has 3 N–H and O–H groups in total. The molecule has 29 heavy (non-hydrogen) atoms. The number of aryl methyl sites for hydroxylation is 1. The normalized spacial score (nSPS) is 12.0. The number of anilines is 1. The number of carbonyl (C=O) groups excluding carboxylic acids is 2. The summed E-state index contributed by atoms with van der Waals surface area (Å²) in [5, 5.41) is 6.17. The van der Waals surface area contributed by atoms with Gasteiger partial charge in [-0.15, -0.1) is 0 Å². The number of carbonyl (C=O) groups is 2. The number of H-pyrrole nitrogens is 1. The first kappa shape index (κ1) is 18.5. The van der Waals surface area contributed by atoms with Crippen molar-refractivity contribution in [1.29, 1.82) is 0 Å². The Morgan fingerprint density at radius 1 is 1.03 bits per heavy atom. The predicted octanol–water partition coefficient (Wildman–Crippen LogP) is 1.86. The van der Waals surface area contributed by atoms with Crippen LogP contribution in [-0.2, 0) is 16.0 Å². The quantitative estimate of drug-likeness (QED) is 0.613. The van der Waals surface area contributed by atoms with Gasteiger partial charge in [0.2, 0.25) is 18.6 Å². The Kier molecular flexibility index (Phi) is 4.90. The van der Waals surface area contributed by atoms with Crippen LogP contribution in [0.4, 0.5) is 5.69 Å². The van der Waals surface area contributed by atoms with Gasteiger partial charge in [-0.3, -0.25) is 14.4 Å². The molecule has 0 spiro atoms. The summed E-state index contributed by atoms with van der Waals surface area (Å²) < 4.78 is 10.5. The lowest BCUT2D eigenvalue weighted by Crippen LogP contribution is -2.33. The maximum Gasteiger partial charge on any atom is 0.251 e. The van der Waals surface area contributed by atoms with Crippen molar-refractivity contribution in [1.82, 2.24) is 10.3 Å². The third-order valence-electron chi connectivity index (χ3n) is 4.56. The Morgan fingerprint density at radius 3 is 2.72 bits per heavy atom. The second-order valence-corrected chi connectivity index (χ2v) is 6.77. The number of hydrogen-bond donors (Lipinski definition) is 3. The number of fused-ring (bicyclic) bond motifs is 2. The van der Waals surface area contributed by atoms with E-state index in [-0.39, 0.29) is 37.1 Å².